The van der Waals surface area contributed by atoms with Crippen molar-refractivity contribution >= 4 is 49.4 Å². The van der Waals surface area contributed by atoms with E-state index in [0.717, 1.165) is 0 Å². The van der Waals surface area contributed by atoms with Crippen molar-refractivity contribution in [3.05, 3.63) is 51.7 Å². The third kappa shape index (κ3) is 5.57. The van der Waals surface area contributed by atoms with E-state index in [9.17, 15) is 18.0 Å². The molecule has 0 unspecified atom stereocenters. The molecule has 3 N–H and O–H groups in total. The number of carbonyl (C=O) groups excluding carboxylic acids is 2. The second-order valence-electron chi connectivity index (χ2n) is 6.39. The molecule has 1 aromatic heterocycles. The lowest BCUT2D eigenvalue weighted by atomic mass is 10.1. The molecule has 0 aliphatic rings. The standard InChI is InChI=1S/C17H20BrClN4O4S/c1-10(2)15(22-28(26,27)13-6-4-12(19)5-7-13)17(25)21-20-16(24)14-8-11(18)9-23(14)3/h4-10,15,22H,1-3H3,(H,20,24)(H,21,25)/t15-/m0/s1. The minimum Gasteiger partial charge on any atom is -0.345 e. The van der Waals surface area contributed by atoms with Crippen LogP contribution in [0.4, 0.5) is 0 Å². The Morgan fingerprint density at radius 1 is 1.14 bits per heavy atom. The highest BCUT2D eigenvalue weighted by Gasteiger charge is 2.29. The third-order valence-electron chi connectivity index (χ3n) is 3.86. The van der Waals surface area contributed by atoms with Gasteiger partial charge in [0.05, 0.1) is 4.90 Å². The summed E-state index contributed by atoms with van der Waals surface area (Å²) in [5.41, 5.74) is 4.87. The zero-order chi connectivity index (χ0) is 21.1. The van der Waals surface area contributed by atoms with E-state index >= 15 is 0 Å². The molecule has 8 nitrogen and oxygen atoms in total. The van der Waals surface area contributed by atoms with Crippen molar-refractivity contribution in [1.29, 1.82) is 0 Å². The number of sulfonamides is 1. The summed E-state index contributed by atoms with van der Waals surface area (Å²) in [6.07, 6.45) is 1.69. The Bertz CT molecular complexity index is 974. The van der Waals surface area contributed by atoms with Gasteiger partial charge in [-0.2, -0.15) is 4.72 Å². The van der Waals surface area contributed by atoms with Crippen molar-refractivity contribution in [1.82, 2.24) is 20.1 Å². The Morgan fingerprint density at radius 3 is 2.25 bits per heavy atom. The van der Waals surface area contributed by atoms with E-state index in [1.807, 2.05) is 0 Å². The molecule has 0 saturated carbocycles. The maximum Gasteiger partial charge on any atom is 0.286 e. The summed E-state index contributed by atoms with van der Waals surface area (Å²) in [5, 5.41) is 0.395. The first-order chi connectivity index (χ1) is 13.0. The largest absolute Gasteiger partial charge is 0.345 e. The molecule has 0 saturated heterocycles. The van der Waals surface area contributed by atoms with Crippen LogP contribution >= 0.6 is 27.5 Å². The number of benzene rings is 1. The third-order valence-corrected chi connectivity index (χ3v) is 6.00. The molecule has 0 aliphatic carbocycles. The van der Waals surface area contributed by atoms with E-state index in [2.05, 4.69) is 31.5 Å². The van der Waals surface area contributed by atoms with Gasteiger partial charge in [-0.15, -0.1) is 0 Å². The Morgan fingerprint density at radius 2 is 1.75 bits per heavy atom. The summed E-state index contributed by atoms with van der Waals surface area (Å²) in [4.78, 5) is 24.7. The smallest absolute Gasteiger partial charge is 0.286 e. The van der Waals surface area contributed by atoms with Crippen molar-refractivity contribution in [3.63, 3.8) is 0 Å². The minimum atomic E-state index is -3.95. The van der Waals surface area contributed by atoms with Crippen LogP contribution in [0.2, 0.25) is 5.02 Å². The van der Waals surface area contributed by atoms with E-state index in [-0.39, 0.29) is 10.8 Å². The van der Waals surface area contributed by atoms with Gasteiger partial charge in [-0.1, -0.05) is 25.4 Å². The number of carbonyl (C=O) groups is 2. The number of hydrogen-bond acceptors (Lipinski definition) is 4. The SMILES string of the molecule is CC(C)[C@H](NS(=O)(=O)c1ccc(Cl)cc1)C(=O)NNC(=O)c1cc(Br)cn1C. The minimum absolute atomic E-state index is 0.0203. The predicted molar refractivity (Wildman–Crippen MR) is 109 cm³/mol. The maximum atomic E-state index is 12.5. The first-order valence-corrected chi connectivity index (χ1v) is 10.9. The van der Waals surface area contributed by atoms with Gasteiger partial charge in [-0.05, 0) is 52.2 Å². The zero-order valence-electron chi connectivity index (χ0n) is 15.4. The molecule has 0 fully saturated rings. The van der Waals surface area contributed by atoms with Crippen LogP contribution in [0.3, 0.4) is 0 Å². The summed E-state index contributed by atoms with van der Waals surface area (Å²) >= 11 is 9.04. The highest BCUT2D eigenvalue weighted by molar-refractivity contribution is 9.10. The molecule has 1 atom stereocenters. The Labute approximate surface area is 176 Å². The first-order valence-electron chi connectivity index (χ1n) is 8.21. The van der Waals surface area contributed by atoms with Crippen LogP contribution in [-0.2, 0) is 21.9 Å². The van der Waals surface area contributed by atoms with Crippen LogP contribution in [0, 0.1) is 5.92 Å². The number of amides is 2. The molecule has 1 heterocycles. The molecule has 2 aromatic rings. The summed E-state index contributed by atoms with van der Waals surface area (Å²) in [6, 6.07) is 6.06. The molecule has 28 heavy (non-hydrogen) atoms. The molecular formula is C17H20BrClN4O4S. The molecule has 152 valence electrons. The summed E-state index contributed by atoms with van der Waals surface area (Å²) < 4.78 is 29.7. The fourth-order valence-electron chi connectivity index (χ4n) is 2.35. The van der Waals surface area contributed by atoms with Gasteiger partial charge in [0.2, 0.25) is 10.0 Å². The average Bonchev–Trinajstić information content (AvgIpc) is 2.96. The summed E-state index contributed by atoms with van der Waals surface area (Å²) in [6.45, 7) is 3.37. The highest BCUT2D eigenvalue weighted by Crippen LogP contribution is 2.16. The summed E-state index contributed by atoms with van der Waals surface area (Å²) in [7, 11) is -2.27. The Kier molecular flexibility index (Phi) is 7.27. The van der Waals surface area contributed by atoms with E-state index in [1.54, 1.807) is 37.7 Å². The van der Waals surface area contributed by atoms with Crippen LogP contribution in [0.5, 0.6) is 0 Å². The van der Waals surface area contributed by atoms with Crippen LogP contribution in [0.15, 0.2) is 45.9 Å². The normalized spacial score (nSPS) is 12.6. The van der Waals surface area contributed by atoms with E-state index < -0.39 is 27.9 Å². The van der Waals surface area contributed by atoms with Gasteiger partial charge in [-0.25, -0.2) is 8.42 Å². The predicted octanol–water partition coefficient (Wildman–Crippen LogP) is 2.21. The van der Waals surface area contributed by atoms with Gasteiger partial charge in [0.1, 0.15) is 11.7 Å². The molecule has 0 aliphatic heterocycles. The van der Waals surface area contributed by atoms with Gasteiger partial charge in [0, 0.05) is 22.7 Å². The van der Waals surface area contributed by atoms with Crippen molar-refractivity contribution in [2.24, 2.45) is 13.0 Å². The number of aryl methyl sites for hydroxylation is 1. The van der Waals surface area contributed by atoms with Crippen LogP contribution in [-0.4, -0.2) is 30.8 Å². The number of hydrazine groups is 1. The second kappa shape index (κ2) is 9.08. The molecule has 0 radical (unpaired) electrons. The summed E-state index contributed by atoms with van der Waals surface area (Å²) in [5.74, 6) is -1.60. The highest BCUT2D eigenvalue weighted by atomic mass is 79.9. The van der Waals surface area contributed by atoms with Gasteiger partial charge in [0.25, 0.3) is 11.8 Å². The second-order valence-corrected chi connectivity index (χ2v) is 9.46. The Balaban J connectivity index is 2.08. The first kappa shape index (κ1) is 22.4. The fraction of sp³-hybridized carbons (Fsp3) is 0.294. The molecule has 1 aromatic carbocycles. The van der Waals surface area contributed by atoms with Gasteiger partial charge in [0.15, 0.2) is 0 Å². The molecule has 0 spiro atoms. The Hall–Kier alpha value is -1.88. The van der Waals surface area contributed by atoms with Crippen molar-refractivity contribution < 1.29 is 18.0 Å². The van der Waals surface area contributed by atoms with E-state index in [1.165, 1.54) is 24.3 Å². The van der Waals surface area contributed by atoms with Crippen molar-refractivity contribution in [3.8, 4) is 0 Å². The molecule has 0 bridgehead atoms. The number of aromatic nitrogens is 1. The lowest BCUT2D eigenvalue weighted by Crippen LogP contribution is -2.54. The lowest BCUT2D eigenvalue weighted by Gasteiger charge is -2.21. The molecular weight excluding hydrogens is 472 g/mol. The van der Waals surface area contributed by atoms with E-state index in [4.69, 9.17) is 11.6 Å². The van der Waals surface area contributed by atoms with Gasteiger partial charge < -0.3 is 4.57 Å². The number of hydrogen-bond donors (Lipinski definition) is 3. The van der Waals surface area contributed by atoms with Crippen LogP contribution in [0.1, 0.15) is 24.3 Å². The molecule has 11 heteroatoms. The van der Waals surface area contributed by atoms with E-state index in [0.29, 0.717) is 15.2 Å². The lowest BCUT2D eigenvalue weighted by molar-refractivity contribution is -0.124. The molecule has 2 rings (SSSR count). The van der Waals surface area contributed by atoms with Crippen LogP contribution in [0.25, 0.3) is 0 Å². The monoisotopic (exact) mass is 490 g/mol. The zero-order valence-corrected chi connectivity index (χ0v) is 18.5. The van der Waals surface area contributed by atoms with Crippen molar-refractivity contribution in [2.75, 3.05) is 0 Å². The van der Waals surface area contributed by atoms with Gasteiger partial charge >= 0.3 is 0 Å². The number of nitrogens with one attached hydrogen (secondary N) is 3. The number of halogens is 2. The van der Waals surface area contributed by atoms with Crippen LogP contribution < -0.4 is 15.6 Å². The van der Waals surface area contributed by atoms with Gasteiger partial charge in [-0.3, -0.25) is 20.4 Å². The quantitative estimate of drug-likeness (QED) is 0.538. The number of nitrogens with zero attached hydrogens (tertiary/aromatic N) is 1. The topological polar surface area (TPSA) is 109 Å². The average molecular weight is 492 g/mol. The molecule has 2 amide bonds. The fourth-order valence-corrected chi connectivity index (χ4v) is 4.35. The number of rotatable bonds is 6. The maximum absolute atomic E-state index is 12.5. The van der Waals surface area contributed by atoms with Crippen molar-refractivity contribution in [2.45, 2.75) is 24.8 Å².